The third-order valence-electron chi connectivity index (χ3n) is 15.8. The van der Waals surface area contributed by atoms with Gasteiger partial charge in [-0.1, -0.05) is 188 Å². The van der Waals surface area contributed by atoms with E-state index in [-0.39, 0.29) is 0 Å². The van der Waals surface area contributed by atoms with E-state index in [1.807, 2.05) is 174 Å². The number of thiazole rings is 1. The van der Waals surface area contributed by atoms with Crippen molar-refractivity contribution in [1.82, 2.24) is 48.4 Å². The molecule has 93 heavy (non-hydrogen) atoms. The molecule has 0 bridgehead atoms. The Morgan fingerprint density at radius 2 is 0.849 bits per heavy atom. The van der Waals surface area contributed by atoms with Gasteiger partial charge in [-0.15, -0.1) is 11.3 Å². The van der Waals surface area contributed by atoms with Gasteiger partial charge in [0.15, 0.2) is 11.5 Å². The van der Waals surface area contributed by atoms with E-state index in [4.69, 9.17) is 9.40 Å². The van der Waals surface area contributed by atoms with E-state index in [1.54, 1.807) is 11.3 Å². The van der Waals surface area contributed by atoms with E-state index in [2.05, 4.69) is 202 Å². The van der Waals surface area contributed by atoms with Crippen molar-refractivity contribution in [3.63, 3.8) is 0 Å². The molecule has 0 aliphatic rings. The van der Waals surface area contributed by atoms with Crippen molar-refractivity contribution < 1.29 is 4.42 Å². The predicted octanol–water partition coefficient (Wildman–Crippen LogP) is 20.6. The number of benzene rings is 11. The summed E-state index contributed by atoms with van der Waals surface area (Å²) in [5.41, 5.74) is 20.9. The fourth-order valence-corrected chi connectivity index (χ4v) is 12.3. The molecule has 0 saturated carbocycles. The lowest BCUT2D eigenvalue weighted by molar-refractivity contribution is 0.561. The Kier molecular flexibility index (Phi) is 17.8. The maximum absolute atomic E-state index is 5.26. The number of fused-ring (bicyclic) bond motifs is 10. The zero-order valence-electron chi connectivity index (χ0n) is 52.5. The van der Waals surface area contributed by atoms with E-state index in [1.165, 1.54) is 37.9 Å². The predicted molar refractivity (Wildman–Crippen MR) is 385 cm³/mol. The summed E-state index contributed by atoms with van der Waals surface area (Å²) in [6.45, 7) is 12.1. The van der Waals surface area contributed by atoms with Gasteiger partial charge in [-0.25, -0.2) is 29.9 Å². The second kappa shape index (κ2) is 27.6. The summed E-state index contributed by atoms with van der Waals surface area (Å²) in [7, 11) is 0. The summed E-state index contributed by atoms with van der Waals surface area (Å²) in [6.07, 6.45) is 1.85. The van der Waals surface area contributed by atoms with Crippen LogP contribution >= 0.6 is 11.3 Å². The summed E-state index contributed by atoms with van der Waals surface area (Å²) in [4.78, 5) is 31.5. The molecule has 0 unspecified atom stereocenters. The van der Waals surface area contributed by atoms with Crippen molar-refractivity contribution in [3.05, 3.63) is 325 Å². The monoisotopic (exact) mass is 1230 g/mol. The Hall–Kier alpha value is -11.7. The number of nitrogens with zero attached hydrogens (tertiary/aromatic N) is 10. The van der Waals surface area contributed by atoms with Gasteiger partial charge in [-0.2, -0.15) is 0 Å². The van der Waals surface area contributed by atoms with Crippen LogP contribution in [0.2, 0.25) is 0 Å². The first kappa shape index (κ1) is 60.2. The van der Waals surface area contributed by atoms with Gasteiger partial charge in [-0.3, -0.25) is 18.5 Å². The number of pyridine rings is 1. The van der Waals surface area contributed by atoms with Crippen molar-refractivity contribution in [2.45, 2.75) is 41.5 Å². The van der Waals surface area contributed by atoms with Gasteiger partial charge in [0, 0.05) is 40.8 Å². The average molecular weight is 1230 g/mol. The number of aromatic nitrogens is 10. The number of rotatable bonds is 4. The molecule has 11 nitrogen and oxygen atoms in total. The average Bonchev–Trinajstić information content (AvgIpc) is 1.69. The van der Waals surface area contributed by atoms with Gasteiger partial charge in [0.05, 0.1) is 59.4 Å². The highest BCUT2D eigenvalue weighted by Crippen LogP contribution is 2.30. The maximum Gasteiger partial charge on any atom is 0.192 e. The largest absolute Gasteiger partial charge is 0.441 e. The summed E-state index contributed by atoms with van der Waals surface area (Å²) >= 11 is 1.74. The molecule has 7 aromatic heterocycles. The number of aryl methyl sites for hydroxylation is 6. The fraction of sp³-hybridized carbons (Fsp3) is 0.0741. The molecule has 0 aliphatic carbocycles. The fourth-order valence-electron chi connectivity index (χ4n) is 11.5. The first-order valence-electron chi connectivity index (χ1n) is 30.9. The Balaban J connectivity index is 0.000000104. The lowest BCUT2D eigenvalue weighted by Crippen LogP contribution is -1.96. The minimum atomic E-state index is 0.723. The molecule has 12 heteroatoms. The molecular weight excluding hydrogens is 1160 g/mol. The number of para-hydroxylation sites is 12. The zero-order chi connectivity index (χ0) is 63.6. The zero-order valence-corrected chi connectivity index (χ0v) is 53.3. The van der Waals surface area contributed by atoms with Crippen molar-refractivity contribution in [3.8, 4) is 33.6 Å². The van der Waals surface area contributed by atoms with Gasteiger partial charge in [0.1, 0.15) is 28.6 Å². The summed E-state index contributed by atoms with van der Waals surface area (Å²) in [5, 5.41) is 3.42. The molecule has 0 amide bonds. The van der Waals surface area contributed by atoms with E-state index in [0.717, 1.165) is 112 Å². The van der Waals surface area contributed by atoms with Crippen molar-refractivity contribution in [2.75, 3.05) is 0 Å². The van der Waals surface area contributed by atoms with Crippen LogP contribution < -0.4 is 0 Å². The quantitative estimate of drug-likeness (QED) is 0.171. The molecular formula is C81H66N10OS. The van der Waals surface area contributed by atoms with E-state index < -0.39 is 0 Å². The molecule has 0 radical (unpaired) electrons. The molecule has 0 spiro atoms. The molecule has 18 rings (SSSR count). The Morgan fingerprint density at radius 1 is 0.344 bits per heavy atom. The van der Waals surface area contributed by atoms with Crippen LogP contribution in [0.15, 0.2) is 296 Å². The van der Waals surface area contributed by atoms with Crippen LogP contribution in [-0.4, -0.2) is 48.4 Å². The normalized spacial score (nSPS) is 10.9. The van der Waals surface area contributed by atoms with E-state index in [9.17, 15) is 0 Å². The molecule has 18 aromatic rings. The number of hydrogen-bond donors (Lipinski definition) is 0. The lowest BCUT2D eigenvalue weighted by atomic mass is 10.0. The van der Waals surface area contributed by atoms with Crippen LogP contribution in [0.3, 0.4) is 0 Å². The van der Waals surface area contributed by atoms with Gasteiger partial charge in [0.2, 0.25) is 0 Å². The summed E-state index contributed by atoms with van der Waals surface area (Å²) in [5.74, 6) is 3.72. The van der Waals surface area contributed by atoms with Crippen LogP contribution in [0, 0.1) is 41.5 Å². The highest BCUT2D eigenvalue weighted by molar-refractivity contribution is 7.18. The van der Waals surface area contributed by atoms with Crippen molar-refractivity contribution in [2.24, 2.45) is 0 Å². The summed E-state index contributed by atoms with van der Waals surface area (Å²) < 4.78 is 13.0. The molecule has 0 aliphatic heterocycles. The third-order valence-corrected chi connectivity index (χ3v) is 16.8. The first-order valence-corrected chi connectivity index (χ1v) is 31.7. The minimum Gasteiger partial charge on any atom is -0.441 e. The Morgan fingerprint density at radius 3 is 1.51 bits per heavy atom. The van der Waals surface area contributed by atoms with Crippen LogP contribution in [0.1, 0.15) is 33.9 Å². The Bertz CT molecular complexity index is 5390. The van der Waals surface area contributed by atoms with Gasteiger partial charge in [-0.05, 0) is 154 Å². The molecule has 0 saturated heterocycles. The second-order valence-corrected chi connectivity index (χ2v) is 23.5. The number of imidazole rings is 3. The van der Waals surface area contributed by atoms with Gasteiger partial charge >= 0.3 is 0 Å². The van der Waals surface area contributed by atoms with Gasteiger partial charge < -0.3 is 4.42 Å². The molecule has 452 valence electrons. The third kappa shape index (κ3) is 13.4. The highest BCUT2D eigenvalue weighted by atomic mass is 32.1. The molecule has 11 aromatic carbocycles. The van der Waals surface area contributed by atoms with Crippen molar-refractivity contribution in [1.29, 1.82) is 0 Å². The highest BCUT2D eigenvalue weighted by Gasteiger charge is 2.13. The topological polar surface area (TPSA) is 118 Å². The standard InChI is InChI=1S/C20H16N2.C16H13N.C15H11N3.C14H12N2.C8H7NO.C8H7NS/c1-15-21-19-9-5-6-10-20(19)22(15)18-13-11-17(12-14-18)16-7-3-2-4-8-16;1-12-7-9-13(10-8-12)15-6-2-4-14-5-3-11-17-16(14)15;1-10-16-12-7-3-2-6-11(12)15-17-13-8-4-5-9-14(13)18(10)15;1-11-15-13-9-5-6-10-14(13)16(11)12-7-3-2-4-8-12;2*1-6-9-7-4-2-3-5-8(7)10-6/h2-14H,1H3;2-11H,1H3;2-9H,1H3;2-10H,1H3;2*2-5H,1H3. The van der Waals surface area contributed by atoms with Crippen LogP contribution in [0.4, 0.5) is 0 Å². The van der Waals surface area contributed by atoms with E-state index >= 15 is 0 Å². The maximum atomic E-state index is 5.26. The van der Waals surface area contributed by atoms with E-state index in [0.29, 0.717) is 0 Å². The first-order chi connectivity index (χ1) is 45.6. The van der Waals surface area contributed by atoms with Gasteiger partial charge in [0.25, 0.3) is 0 Å². The van der Waals surface area contributed by atoms with Crippen molar-refractivity contribution >= 4 is 93.2 Å². The Labute approximate surface area is 543 Å². The smallest absolute Gasteiger partial charge is 0.192 e. The lowest BCUT2D eigenvalue weighted by Gasteiger charge is -2.08. The van der Waals surface area contributed by atoms with Crippen LogP contribution in [-0.2, 0) is 0 Å². The second-order valence-electron chi connectivity index (χ2n) is 22.3. The molecule has 0 atom stereocenters. The number of oxazole rings is 1. The molecule has 0 fully saturated rings. The molecule has 0 N–H and O–H groups in total. The molecule has 7 heterocycles. The SMILES string of the molecule is Cc1ccc(-c2cccc3cccnc23)cc1.Cc1nc2ccccc2c2nc3ccccc3n12.Cc1nc2ccccc2n1-c1ccc(-c2ccccc2)cc1.Cc1nc2ccccc2n1-c1ccccc1.Cc1nc2ccccc2o1.Cc1nc2ccccc2s1. The minimum absolute atomic E-state index is 0.723. The number of hydrogen-bond acceptors (Lipinski definition) is 9. The van der Waals surface area contributed by atoms with Crippen LogP contribution in [0.5, 0.6) is 0 Å². The van der Waals surface area contributed by atoms with Crippen LogP contribution in [0.25, 0.3) is 115 Å². The summed E-state index contributed by atoms with van der Waals surface area (Å²) in [6, 6.07) is 97.0.